The molecule has 0 spiro atoms. The van der Waals surface area contributed by atoms with Crippen molar-refractivity contribution in [3.8, 4) is 22.9 Å². The molecule has 0 atom stereocenters. The predicted octanol–water partition coefficient (Wildman–Crippen LogP) is 2.44. The molecular formula is C19H16N4O4. The molecule has 8 heteroatoms. The summed E-state index contributed by atoms with van der Waals surface area (Å²) in [5.74, 6) is 1.27. The first-order valence-corrected chi connectivity index (χ1v) is 8.39. The molecule has 0 saturated heterocycles. The van der Waals surface area contributed by atoms with Crippen LogP contribution < -0.4 is 14.2 Å². The van der Waals surface area contributed by atoms with Gasteiger partial charge in [0.25, 0.3) is 0 Å². The summed E-state index contributed by atoms with van der Waals surface area (Å²) >= 11 is 0. The normalized spacial score (nSPS) is 12.6. The van der Waals surface area contributed by atoms with E-state index in [1.165, 1.54) is 11.0 Å². The summed E-state index contributed by atoms with van der Waals surface area (Å²) in [6.45, 7) is 2.57. The van der Waals surface area contributed by atoms with Crippen molar-refractivity contribution in [1.82, 2.24) is 20.2 Å². The zero-order valence-electron chi connectivity index (χ0n) is 14.5. The van der Waals surface area contributed by atoms with Crippen LogP contribution in [0.2, 0.25) is 0 Å². The van der Waals surface area contributed by atoms with Gasteiger partial charge in [-0.15, -0.1) is 5.10 Å². The highest BCUT2D eigenvalue weighted by atomic mass is 16.5. The number of carbonyl (C=O) groups is 1. The Labute approximate surface area is 155 Å². The van der Waals surface area contributed by atoms with Crippen molar-refractivity contribution in [2.75, 3.05) is 13.2 Å². The van der Waals surface area contributed by atoms with E-state index in [1.807, 2.05) is 25.1 Å². The fraction of sp³-hybridized carbons (Fsp3) is 0.158. The van der Waals surface area contributed by atoms with Gasteiger partial charge >= 0.3 is 5.97 Å². The highest BCUT2D eigenvalue weighted by Crippen LogP contribution is 2.36. The summed E-state index contributed by atoms with van der Waals surface area (Å²) in [5.41, 5.74) is 1.98. The van der Waals surface area contributed by atoms with E-state index in [-0.39, 0.29) is 6.61 Å². The first-order valence-electron chi connectivity index (χ1n) is 8.39. The molecule has 0 saturated carbocycles. The third-order valence-electron chi connectivity index (χ3n) is 3.93. The number of para-hydroxylation sites is 1. The lowest BCUT2D eigenvalue weighted by molar-refractivity contribution is -0.130. The van der Waals surface area contributed by atoms with Gasteiger partial charge in [0, 0.05) is 5.56 Å². The quantitative estimate of drug-likeness (QED) is 0.507. The maximum Gasteiger partial charge on any atom is 0.342 e. The number of benzene rings is 2. The zero-order valence-corrected chi connectivity index (χ0v) is 14.5. The van der Waals surface area contributed by atoms with Crippen molar-refractivity contribution in [3.05, 3.63) is 59.9 Å². The van der Waals surface area contributed by atoms with Gasteiger partial charge in [-0.2, -0.15) is 0 Å². The maximum absolute atomic E-state index is 12.5. The van der Waals surface area contributed by atoms with Crippen molar-refractivity contribution in [1.29, 1.82) is 0 Å². The van der Waals surface area contributed by atoms with Crippen molar-refractivity contribution >= 4 is 12.0 Å². The van der Waals surface area contributed by atoms with Crippen LogP contribution in [0.5, 0.6) is 17.2 Å². The number of carbonyl (C=O) groups excluding carboxylic acids is 1. The van der Waals surface area contributed by atoms with Gasteiger partial charge < -0.3 is 14.2 Å². The van der Waals surface area contributed by atoms with Crippen LogP contribution in [0.25, 0.3) is 11.8 Å². The molecule has 27 heavy (non-hydrogen) atoms. The average molecular weight is 364 g/mol. The molecule has 1 aliphatic rings. The highest BCUT2D eigenvalue weighted by Gasteiger charge is 2.21. The van der Waals surface area contributed by atoms with Gasteiger partial charge in [0.15, 0.2) is 11.5 Å². The maximum atomic E-state index is 12.5. The third-order valence-corrected chi connectivity index (χ3v) is 3.93. The first-order chi connectivity index (χ1) is 13.2. The second-order valence-corrected chi connectivity index (χ2v) is 5.70. The second kappa shape index (κ2) is 7.28. The monoisotopic (exact) mass is 364 g/mol. The Bertz CT molecular complexity index is 981. The number of fused-ring (bicyclic) bond motifs is 1. The molecule has 0 unspecified atom stereocenters. The summed E-state index contributed by atoms with van der Waals surface area (Å²) in [4.78, 5) is 12.5. The van der Waals surface area contributed by atoms with Crippen LogP contribution >= 0.6 is 0 Å². The fourth-order valence-corrected chi connectivity index (χ4v) is 2.69. The number of hydrogen-bond acceptors (Lipinski definition) is 7. The van der Waals surface area contributed by atoms with Crippen LogP contribution in [0.15, 0.2) is 54.4 Å². The zero-order chi connectivity index (χ0) is 18.6. The van der Waals surface area contributed by atoms with Crippen LogP contribution in [0.1, 0.15) is 12.5 Å². The molecule has 1 aliphatic heterocycles. The Balaban J connectivity index is 1.49. The average Bonchev–Trinajstić information content (AvgIpc) is 3.23. The highest BCUT2D eigenvalue weighted by molar-refractivity contribution is 5.96. The minimum Gasteiger partial charge on any atom is -0.490 e. The smallest absolute Gasteiger partial charge is 0.342 e. The van der Waals surface area contributed by atoms with E-state index in [2.05, 4.69) is 15.5 Å². The molecule has 0 aliphatic carbocycles. The summed E-state index contributed by atoms with van der Waals surface area (Å²) in [7, 11) is 0. The standard InChI is InChI=1S/C19H16N4O4/c1-2-25-17-5-3-4-13-10-14(11-26-18(13)17)19(24)27-16-8-6-15(7-9-16)23-12-20-21-22-23/h3-10,12H,2,11H2,1H3. The van der Waals surface area contributed by atoms with Gasteiger partial charge in [-0.3, -0.25) is 0 Å². The Kier molecular flexibility index (Phi) is 4.52. The van der Waals surface area contributed by atoms with Crippen molar-refractivity contribution in [3.63, 3.8) is 0 Å². The van der Waals surface area contributed by atoms with Gasteiger partial charge in [0.05, 0.1) is 17.9 Å². The van der Waals surface area contributed by atoms with Gasteiger partial charge in [0.2, 0.25) is 0 Å². The lowest BCUT2D eigenvalue weighted by atomic mass is 10.1. The molecule has 0 amide bonds. The SMILES string of the molecule is CCOc1cccc2c1OCC(C(=O)Oc1ccc(-n3cnnn3)cc1)=C2. The molecule has 2 heterocycles. The van der Waals surface area contributed by atoms with Gasteiger partial charge in [0.1, 0.15) is 18.7 Å². The third kappa shape index (κ3) is 3.50. The van der Waals surface area contributed by atoms with Crippen LogP contribution in [-0.4, -0.2) is 39.4 Å². The second-order valence-electron chi connectivity index (χ2n) is 5.70. The molecule has 0 bridgehead atoms. The number of aromatic nitrogens is 4. The molecule has 1 aromatic heterocycles. The van der Waals surface area contributed by atoms with Crippen LogP contribution in [0.3, 0.4) is 0 Å². The number of esters is 1. The first kappa shape index (κ1) is 16.8. The molecule has 8 nitrogen and oxygen atoms in total. The lowest BCUT2D eigenvalue weighted by Crippen LogP contribution is -2.19. The largest absolute Gasteiger partial charge is 0.490 e. The molecule has 0 fully saturated rings. The van der Waals surface area contributed by atoms with Crippen LogP contribution in [-0.2, 0) is 4.79 Å². The number of nitrogens with zero attached hydrogens (tertiary/aromatic N) is 4. The summed E-state index contributed by atoms with van der Waals surface area (Å²) in [6.07, 6.45) is 3.25. The Morgan fingerprint density at radius 3 is 2.81 bits per heavy atom. The number of hydrogen-bond donors (Lipinski definition) is 0. The Hall–Kier alpha value is -3.68. The van der Waals surface area contributed by atoms with Gasteiger partial charge in [-0.25, -0.2) is 9.48 Å². The van der Waals surface area contributed by atoms with E-state index in [0.717, 1.165) is 11.3 Å². The Morgan fingerprint density at radius 1 is 1.22 bits per heavy atom. The lowest BCUT2D eigenvalue weighted by Gasteiger charge is -2.19. The molecular weight excluding hydrogens is 348 g/mol. The number of ether oxygens (including phenoxy) is 3. The topological polar surface area (TPSA) is 88.4 Å². The minimum absolute atomic E-state index is 0.124. The van der Waals surface area contributed by atoms with Gasteiger partial charge in [-0.05, 0) is 53.8 Å². The summed E-state index contributed by atoms with van der Waals surface area (Å²) in [6, 6.07) is 12.4. The van der Waals surface area contributed by atoms with E-state index < -0.39 is 5.97 Å². The van der Waals surface area contributed by atoms with Crippen molar-refractivity contribution in [2.45, 2.75) is 6.92 Å². The van der Waals surface area contributed by atoms with E-state index >= 15 is 0 Å². The van der Waals surface area contributed by atoms with Crippen molar-refractivity contribution < 1.29 is 19.0 Å². The molecule has 3 aromatic rings. The van der Waals surface area contributed by atoms with E-state index in [0.29, 0.717) is 29.4 Å². The molecule has 0 radical (unpaired) electrons. The van der Waals surface area contributed by atoms with Crippen LogP contribution in [0, 0.1) is 0 Å². The number of tetrazole rings is 1. The summed E-state index contributed by atoms with van der Waals surface area (Å²) < 4.78 is 18.2. The predicted molar refractivity (Wildman–Crippen MR) is 95.9 cm³/mol. The van der Waals surface area contributed by atoms with E-state index in [9.17, 15) is 4.79 Å². The number of rotatable bonds is 5. The molecule has 136 valence electrons. The van der Waals surface area contributed by atoms with Crippen molar-refractivity contribution in [2.24, 2.45) is 0 Å². The molecule has 0 N–H and O–H groups in total. The van der Waals surface area contributed by atoms with Gasteiger partial charge in [-0.1, -0.05) is 12.1 Å². The van der Waals surface area contributed by atoms with Crippen LogP contribution in [0.4, 0.5) is 0 Å². The Morgan fingerprint density at radius 2 is 2.07 bits per heavy atom. The van der Waals surface area contributed by atoms with E-state index in [4.69, 9.17) is 14.2 Å². The van der Waals surface area contributed by atoms with E-state index in [1.54, 1.807) is 30.3 Å². The summed E-state index contributed by atoms with van der Waals surface area (Å²) in [5, 5.41) is 11.0. The fourth-order valence-electron chi connectivity index (χ4n) is 2.69. The molecule has 4 rings (SSSR count). The minimum atomic E-state index is -0.461. The molecule has 2 aromatic carbocycles.